The number of halogens is 1. The van der Waals surface area contributed by atoms with Crippen molar-refractivity contribution in [3.05, 3.63) is 52.8 Å². The van der Waals surface area contributed by atoms with E-state index in [1.54, 1.807) is 30.6 Å². The molecule has 0 aliphatic rings. The van der Waals surface area contributed by atoms with Crippen molar-refractivity contribution in [2.24, 2.45) is 0 Å². The molecule has 3 rings (SSSR count). The number of benzene rings is 1. The summed E-state index contributed by atoms with van der Waals surface area (Å²) < 4.78 is 6.12. The normalized spacial score (nSPS) is 10.6. The lowest BCUT2D eigenvalue weighted by Crippen LogP contribution is -1.94. The number of hydrogen-bond donors (Lipinski definition) is 1. The maximum atomic E-state index is 12.2. The molecule has 0 aliphatic heterocycles. The summed E-state index contributed by atoms with van der Waals surface area (Å²) >= 11 is 4.01. The fourth-order valence-electron chi connectivity index (χ4n) is 1.67. The Morgan fingerprint density at radius 3 is 2.73 bits per heavy atom. The first-order chi connectivity index (χ1) is 10.6. The van der Waals surface area contributed by atoms with Crippen LogP contribution < -0.4 is 0 Å². The van der Waals surface area contributed by atoms with Crippen LogP contribution in [0.15, 0.2) is 56.8 Å². The lowest BCUT2D eigenvalue weighted by atomic mass is 10.2. The highest BCUT2D eigenvalue weighted by atomic mass is 79.9. The lowest BCUT2D eigenvalue weighted by Gasteiger charge is -2.01. The molecule has 0 fully saturated rings. The van der Waals surface area contributed by atoms with Crippen LogP contribution in [0.4, 0.5) is 0 Å². The molecule has 0 saturated heterocycles. The molecule has 0 unspecified atom stereocenters. The molecule has 1 N–H and O–H groups in total. The fraction of sp³-hybridized carbons (Fsp3) is 0. The summed E-state index contributed by atoms with van der Waals surface area (Å²) in [5.74, 6) is 0.200. The highest BCUT2D eigenvalue weighted by Gasteiger charge is 2.18. The molecule has 2 aromatic heterocycles. The van der Waals surface area contributed by atoms with E-state index in [1.807, 2.05) is 0 Å². The van der Waals surface area contributed by atoms with Gasteiger partial charge in [-0.2, -0.15) is 0 Å². The quantitative estimate of drug-likeness (QED) is 0.698. The smallest absolute Gasteiger partial charge is 0.284 e. The molecule has 22 heavy (non-hydrogen) atoms. The van der Waals surface area contributed by atoms with E-state index in [-0.39, 0.29) is 21.7 Å². The Kier molecular flexibility index (Phi) is 4.21. The zero-order valence-electron chi connectivity index (χ0n) is 10.9. The van der Waals surface area contributed by atoms with Crippen molar-refractivity contribution in [1.29, 1.82) is 0 Å². The monoisotopic (exact) mass is 377 g/mol. The molecule has 0 saturated carbocycles. The van der Waals surface area contributed by atoms with E-state index >= 15 is 0 Å². The number of phenolic OH excluding ortho intramolecular Hbond substituents is 1. The topological polar surface area (TPSA) is 89.1 Å². The minimum absolute atomic E-state index is 0.102. The number of carbonyl (C=O) groups excluding carboxylic acids is 1. The van der Waals surface area contributed by atoms with Crippen molar-refractivity contribution in [3.63, 3.8) is 0 Å². The van der Waals surface area contributed by atoms with Crippen LogP contribution in [0.25, 0.3) is 11.5 Å². The van der Waals surface area contributed by atoms with Crippen LogP contribution in [0, 0.1) is 0 Å². The van der Waals surface area contributed by atoms with Gasteiger partial charge in [-0.15, -0.1) is 10.2 Å². The number of nitrogens with zero attached hydrogens (tertiary/aromatic N) is 3. The van der Waals surface area contributed by atoms with E-state index in [4.69, 9.17) is 4.42 Å². The molecular weight excluding hydrogens is 370 g/mol. The number of hydrogen-bond acceptors (Lipinski definition) is 7. The number of thioether (sulfide) groups is 1. The molecule has 8 heteroatoms. The number of aromatic nitrogens is 3. The maximum absolute atomic E-state index is 12.2. The highest BCUT2D eigenvalue weighted by molar-refractivity contribution is 9.10. The molecule has 110 valence electrons. The number of aromatic hydroxyl groups is 1. The van der Waals surface area contributed by atoms with Crippen molar-refractivity contribution in [1.82, 2.24) is 15.2 Å². The number of phenols is 1. The van der Waals surface area contributed by atoms with Crippen molar-refractivity contribution < 1.29 is 14.3 Å². The third-order valence-corrected chi connectivity index (χ3v) is 3.93. The number of carbonyl (C=O) groups is 1. The van der Waals surface area contributed by atoms with Gasteiger partial charge in [-0.05, 0) is 30.3 Å². The van der Waals surface area contributed by atoms with E-state index in [9.17, 15) is 9.90 Å². The number of pyridine rings is 1. The van der Waals surface area contributed by atoms with Gasteiger partial charge in [0.25, 0.3) is 5.22 Å². The molecule has 3 aromatic rings. The standard InChI is InChI=1S/C14H8BrN3O3S/c15-9-1-2-11(19)10(7-9)13(20)22-14-18-17-12(21-14)8-3-5-16-6-4-8/h1-7,19H. The van der Waals surface area contributed by atoms with Gasteiger partial charge in [0, 0.05) is 34.2 Å². The SMILES string of the molecule is O=C(Sc1nnc(-c2ccncc2)o1)c1cc(Br)ccc1O. The van der Waals surface area contributed by atoms with E-state index in [0.717, 1.165) is 11.8 Å². The first-order valence-electron chi connectivity index (χ1n) is 6.08. The van der Waals surface area contributed by atoms with Gasteiger partial charge in [0.1, 0.15) is 5.75 Å². The Bertz CT molecular complexity index is 823. The zero-order valence-corrected chi connectivity index (χ0v) is 13.3. The predicted octanol–water partition coefficient (Wildman–Crippen LogP) is 3.53. The van der Waals surface area contributed by atoms with Gasteiger partial charge in [0.15, 0.2) is 0 Å². The molecule has 0 atom stereocenters. The van der Waals surface area contributed by atoms with Gasteiger partial charge in [-0.1, -0.05) is 15.9 Å². The second kappa shape index (κ2) is 6.29. The average molecular weight is 378 g/mol. The molecule has 2 heterocycles. The predicted molar refractivity (Wildman–Crippen MR) is 83.5 cm³/mol. The Hall–Kier alpha value is -2.19. The minimum Gasteiger partial charge on any atom is -0.507 e. The Balaban J connectivity index is 1.81. The summed E-state index contributed by atoms with van der Waals surface area (Å²) in [5, 5.41) is 17.2. The Labute approximate surface area is 137 Å². The second-order valence-electron chi connectivity index (χ2n) is 4.16. The van der Waals surface area contributed by atoms with Gasteiger partial charge in [-0.3, -0.25) is 9.78 Å². The van der Waals surface area contributed by atoms with Gasteiger partial charge >= 0.3 is 0 Å². The van der Waals surface area contributed by atoms with Gasteiger partial charge in [-0.25, -0.2) is 0 Å². The van der Waals surface area contributed by atoms with E-state index in [2.05, 4.69) is 31.1 Å². The summed E-state index contributed by atoms with van der Waals surface area (Å²) in [7, 11) is 0. The minimum atomic E-state index is -0.385. The molecule has 0 radical (unpaired) electrons. The van der Waals surface area contributed by atoms with E-state index in [1.165, 1.54) is 12.1 Å². The second-order valence-corrected chi connectivity index (χ2v) is 6.00. The zero-order chi connectivity index (χ0) is 15.5. The maximum Gasteiger partial charge on any atom is 0.284 e. The first kappa shape index (κ1) is 14.7. The fourth-order valence-corrected chi connectivity index (χ4v) is 2.66. The summed E-state index contributed by atoms with van der Waals surface area (Å²) in [5.41, 5.74) is 0.884. The van der Waals surface area contributed by atoms with Crippen molar-refractivity contribution >= 4 is 32.8 Å². The highest BCUT2D eigenvalue weighted by Crippen LogP contribution is 2.30. The largest absolute Gasteiger partial charge is 0.507 e. The molecule has 1 aromatic carbocycles. The Morgan fingerprint density at radius 2 is 1.95 bits per heavy atom. The van der Waals surface area contributed by atoms with E-state index in [0.29, 0.717) is 15.9 Å². The van der Waals surface area contributed by atoms with Crippen LogP contribution in [-0.2, 0) is 0 Å². The lowest BCUT2D eigenvalue weighted by molar-refractivity contribution is 0.108. The van der Waals surface area contributed by atoms with Crippen molar-refractivity contribution in [2.75, 3.05) is 0 Å². The third kappa shape index (κ3) is 3.18. The van der Waals surface area contributed by atoms with Gasteiger partial charge in [0.05, 0.1) is 5.56 Å². The summed E-state index contributed by atoms with van der Waals surface area (Å²) in [6.07, 6.45) is 3.22. The molecule has 0 bridgehead atoms. The van der Waals surface area contributed by atoms with Gasteiger partial charge in [0.2, 0.25) is 11.0 Å². The van der Waals surface area contributed by atoms with Crippen LogP contribution in [-0.4, -0.2) is 25.4 Å². The van der Waals surface area contributed by atoms with Crippen LogP contribution in [0.1, 0.15) is 10.4 Å². The van der Waals surface area contributed by atoms with Crippen LogP contribution in [0.2, 0.25) is 0 Å². The van der Waals surface area contributed by atoms with Crippen LogP contribution >= 0.6 is 27.7 Å². The summed E-state index contributed by atoms with van der Waals surface area (Å²) in [4.78, 5) is 16.1. The first-order valence-corrected chi connectivity index (χ1v) is 7.69. The molecular formula is C14H8BrN3O3S. The average Bonchev–Trinajstić information content (AvgIpc) is 2.99. The van der Waals surface area contributed by atoms with Crippen molar-refractivity contribution in [3.8, 4) is 17.2 Å². The Morgan fingerprint density at radius 1 is 1.18 bits per heavy atom. The summed E-state index contributed by atoms with van der Waals surface area (Å²) in [6, 6.07) is 8.07. The van der Waals surface area contributed by atoms with Crippen LogP contribution in [0.5, 0.6) is 5.75 Å². The van der Waals surface area contributed by atoms with Gasteiger partial charge < -0.3 is 9.52 Å². The molecule has 0 amide bonds. The third-order valence-electron chi connectivity index (χ3n) is 2.69. The number of rotatable bonds is 3. The van der Waals surface area contributed by atoms with Crippen LogP contribution in [0.3, 0.4) is 0 Å². The van der Waals surface area contributed by atoms with E-state index < -0.39 is 0 Å². The van der Waals surface area contributed by atoms with Crippen molar-refractivity contribution in [2.45, 2.75) is 5.22 Å². The molecule has 0 aliphatic carbocycles. The molecule has 0 spiro atoms. The summed E-state index contributed by atoms with van der Waals surface area (Å²) in [6.45, 7) is 0. The molecule has 6 nitrogen and oxygen atoms in total.